The van der Waals surface area contributed by atoms with Crippen LogP contribution >= 0.6 is 22.6 Å². The molecule has 0 radical (unpaired) electrons. The maximum absolute atomic E-state index is 11.6. The van der Waals surface area contributed by atoms with Crippen molar-refractivity contribution in [2.75, 3.05) is 31.1 Å². The zero-order chi connectivity index (χ0) is 11.8. The average Bonchev–Trinajstić information content (AvgIpc) is 2.79. The Bertz CT molecular complexity index is 475. The lowest BCUT2D eigenvalue weighted by Gasteiger charge is -2.38. The smallest absolute Gasteiger partial charge is 0.266 e. The molecule has 1 unspecified atom stereocenters. The van der Waals surface area contributed by atoms with E-state index < -0.39 is 0 Å². The van der Waals surface area contributed by atoms with Crippen LogP contribution in [0.5, 0.6) is 0 Å². The largest absolute Gasteiger partial charge is 0.353 e. The van der Waals surface area contributed by atoms with E-state index in [2.05, 4.69) is 42.4 Å². The molecule has 0 bridgehead atoms. The molecular formula is C11H15IN4O. The van der Waals surface area contributed by atoms with Gasteiger partial charge in [0.2, 0.25) is 0 Å². The van der Waals surface area contributed by atoms with Crippen molar-refractivity contribution in [3.8, 4) is 0 Å². The molecular weight excluding hydrogens is 331 g/mol. The first-order valence-electron chi connectivity index (χ1n) is 5.98. The number of hydrogen-bond donors (Lipinski definition) is 1. The molecule has 2 aliphatic heterocycles. The predicted molar refractivity (Wildman–Crippen MR) is 74.4 cm³/mol. The molecule has 5 nitrogen and oxygen atoms in total. The lowest BCUT2D eigenvalue weighted by Crippen LogP contribution is -2.50. The van der Waals surface area contributed by atoms with Crippen LogP contribution in [-0.2, 0) is 0 Å². The Morgan fingerprint density at radius 2 is 2.29 bits per heavy atom. The standard InChI is InChI=1S/C11H15IN4O/c12-9-10(13-7-14-11(9)17)16-5-4-15-3-1-2-8(15)6-16/h7-8H,1-6H2,(H,13,14,17). The van der Waals surface area contributed by atoms with Gasteiger partial charge in [0, 0.05) is 25.7 Å². The van der Waals surface area contributed by atoms with Crippen molar-refractivity contribution in [2.45, 2.75) is 18.9 Å². The fourth-order valence-corrected chi connectivity index (χ4v) is 3.41. The van der Waals surface area contributed by atoms with E-state index >= 15 is 0 Å². The molecule has 0 amide bonds. The number of nitrogens with one attached hydrogen (secondary N) is 1. The molecule has 2 saturated heterocycles. The van der Waals surface area contributed by atoms with Crippen LogP contribution in [0.2, 0.25) is 0 Å². The maximum Gasteiger partial charge on any atom is 0.266 e. The number of fused-ring (bicyclic) bond motifs is 1. The molecule has 2 fully saturated rings. The molecule has 1 aromatic heterocycles. The SMILES string of the molecule is O=c1[nH]cnc(N2CCN3CCCC3C2)c1I. The number of nitrogens with zero attached hydrogens (tertiary/aromatic N) is 3. The van der Waals surface area contributed by atoms with E-state index in [0.717, 1.165) is 25.5 Å². The molecule has 17 heavy (non-hydrogen) atoms. The number of anilines is 1. The number of aromatic nitrogens is 2. The minimum absolute atomic E-state index is 0.0375. The maximum atomic E-state index is 11.6. The van der Waals surface area contributed by atoms with Crippen molar-refractivity contribution in [1.82, 2.24) is 14.9 Å². The van der Waals surface area contributed by atoms with E-state index in [4.69, 9.17) is 0 Å². The summed E-state index contributed by atoms with van der Waals surface area (Å²) in [5.41, 5.74) is -0.0375. The molecule has 3 heterocycles. The van der Waals surface area contributed by atoms with Gasteiger partial charge in [-0.15, -0.1) is 0 Å². The number of piperazine rings is 1. The van der Waals surface area contributed by atoms with E-state index in [-0.39, 0.29) is 5.56 Å². The fourth-order valence-electron chi connectivity index (χ4n) is 2.78. The van der Waals surface area contributed by atoms with Crippen molar-refractivity contribution in [1.29, 1.82) is 0 Å². The molecule has 0 aliphatic carbocycles. The quantitative estimate of drug-likeness (QED) is 0.759. The first kappa shape index (κ1) is 11.5. The zero-order valence-corrected chi connectivity index (χ0v) is 11.7. The van der Waals surface area contributed by atoms with Crippen LogP contribution in [0.15, 0.2) is 11.1 Å². The second kappa shape index (κ2) is 4.56. The van der Waals surface area contributed by atoms with Crippen LogP contribution < -0.4 is 10.5 Å². The molecule has 92 valence electrons. The van der Waals surface area contributed by atoms with Crippen LogP contribution in [0, 0.1) is 3.57 Å². The van der Waals surface area contributed by atoms with E-state index in [9.17, 15) is 4.79 Å². The van der Waals surface area contributed by atoms with Gasteiger partial charge in [0.05, 0.1) is 6.33 Å². The molecule has 0 spiro atoms. The molecule has 0 aromatic carbocycles. The molecule has 6 heteroatoms. The summed E-state index contributed by atoms with van der Waals surface area (Å²) in [6.07, 6.45) is 4.08. The highest BCUT2D eigenvalue weighted by Crippen LogP contribution is 2.25. The van der Waals surface area contributed by atoms with Crippen LogP contribution in [0.1, 0.15) is 12.8 Å². The highest BCUT2D eigenvalue weighted by Gasteiger charge is 2.31. The summed E-state index contributed by atoms with van der Waals surface area (Å²) in [4.78, 5) is 23.3. The predicted octanol–water partition coefficient (Wildman–Crippen LogP) is 0.659. The van der Waals surface area contributed by atoms with Crippen LogP contribution in [0.25, 0.3) is 0 Å². The number of halogens is 1. The minimum atomic E-state index is -0.0375. The second-order valence-electron chi connectivity index (χ2n) is 4.65. The van der Waals surface area contributed by atoms with Crippen molar-refractivity contribution >= 4 is 28.4 Å². The third-order valence-corrected chi connectivity index (χ3v) is 4.64. The van der Waals surface area contributed by atoms with E-state index in [1.807, 2.05) is 0 Å². The van der Waals surface area contributed by atoms with Crippen molar-refractivity contribution in [2.24, 2.45) is 0 Å². The summed E-state index contributed by atoms with van der Waals surface area (Å²) < 4.78 is 0.705. The Morgan fingerprint density at radius 3 is 3.18 bits per heavy atom. The minimum Gasteiger partial charge on any atom is -0.353 e. The van der Waals surface area contributed by atoms with Gasteiger partial charge >= 0.3 is 0 Å². The second-order valence-corrected chi connectivity index (χ2v) is 5.73. The van der Waals surface area contributed by atoms with Crippen LogP contribution in [-0.4, -0.2) is 47.1 Å². The summed E-state index contributed by atoms with van der Waals surface area (Å²) >= 11 is 2.09. The third kappa shape index (κ3) is 2.08. The Hall–Kier alpha value is -0.630. The van der Waals surface area contributed by atoms with Gasteiger partial charge in [-0.1, -0.05) is 0 Å². The Labute approximate surface area is 113 Å². The number of rotatable bonds is 1. The molecule has 0 saturated carbocycles. The lowest BCUT2D eigenvalue weighted by atomic mass is 10.1. The summed E-state index contributed by atoms with van der Waals surface area (Å²) in [6, 6.07) is 0.653. The van der Waals surface area contributed by atoms with Gasteiger partial charge in [0.1, 0.15) is 9.39 Å². The van der Waals surface area contributed by atoms with Gasteiger partial charge in [0.25, 0.3) is 5.56 Å². The van der Waals surface area contributed by atoms with Gasteiger partial charge < -0.3 is 9.88 Å². The van der Waals surface area contributed by atoms with Gasteiger partial charge in [-0.2, -0.15) is 0 Å². The van der Waals surface area contributed by atoms with Crippen molar-refractivity contribution in [3.05, 3.63) is 20.3 Å². The topological polar surface area (TPSA) is 52.2 Å². The highest BCUT2D eigenvalue weighted by molar-refractivity contribution is 14.1. The molecule has 2 aliphatic rings. The van der Waals surface area contributed by atoms with E-state index in [1.54, 1.807) is 0 Å². The molecule has 1 atom stereocenters. The highest BCUT2D eigenvalue weighted by atomic mass is 127. The Morgan fingerprint density at radius 1 is 1.41 bits per heavy atom. The Balaban J connectivity index is 1.85. The number of aromatic amines is 1. The van der Waals surface area contributed by atoms with Gasteiger partial charge in [0.15, 0.2) is 0 Å². The molecule has 1 aromatic rings. The number of hydrogen-bond acceptors (Lipinski definition) is 4. The van der Waals surface area contributed by atoms with Gasteiger partial charge in [-0.25, -0.2) is 4.98 Å². The summed E-state index contributed by atoms with van der Waals surface area (Å²) in [6.45, 7) is 4.31. The van der Waals surface area contributed by atoms with Crippen LogP contribution in [0.4, 0.5) is 5.82 Å². The normalized spacial score (nSPS) is 25.0. The zero-order valence-electron chi connectivity index (χ0n) is 9.53. The summed E-state index contributed by atoms with van der Waals surface area (Å²) in [5.74, 6) is 0.848. The van der Waals surface area contributed by atoms with Gasteiger partial charge in [-0.3, -0.25) is 9.69 Å². The molecule has 1 N–H and O–H groups in total. The van der Waals surface area contributed by atoms with E-state index in [1.165, 1.54) is 25.7 Å². The summed E-state index contributed by atoms with van der Waals surface area (Å²) in [7, 11) is 0. The molecule has 3 rings (SSSR count). The van der Waals surface area contributed by atoms with E-state index in [0.29, 0.717) is 9.61 Å². The first-order chi connectivity index (χ1) is 8.25. The van der Waals surface area contributed by atoms with Crippen LogP contribution in [0.3, 0.4) is 0 Å². The monoisotopic (exact) mass is 346 g/mol. The van der Waals surface area contributed by atoms with Gasteiger partial charge in [-0.05, 0) is 42.0 Å². The average molecular weight is 346 g/mol. The van der Waals surface area contributed by atoms with Crippen molar-refractivity contribution in [3.63, 3.8) is 0 Å². The third-order valence-electron chi connectivity index (χ3n) is 3.67. The number of H-pyrrole nitrogens is 1. The summed E-state index contributed by atoms with van der Waals surface area (Å²) in [5, 5.41) is 0. The fraction of sp³-hybridized carbons (Fsp3) is 0.636. The Kier molecular flexibility index (Phi) is 3.08. The van der Waals surface area contributed by atoms with Crippen molar-refractivity contribution < 1.29 is 0 Å². The lowest BCUT2D eigenvalue weighted by molar-refractivity contribution is 0.230. The first-order valence-corrected chi connectivity index (χ1v) is 7.06.